The van der Waals surface area contributed by atoms with Crippen molar-refractivity contribution in [1.82, 2.24) is 20.4 Å². The van der Waals surface area contributed by atoms with E-state index >= 15 is 0 Å². The maximum atomic E-state index is 12.3. The van der Waals surface area contributed by atoms with Gasteiger partial charge in [-0.15, -0.1) is 0 Å². The van der Waals surface area contributed by atoms with Crippen molar-refractivity contribution in [3.05, 3.63) is 65.5 Å². The largest absolute Gasteiger partial charge is 0.385 e. The van der Waals surface area contributed by atoms with E-state index in [1.165, 1.54) is 0 Å². The number of ether oxygens (including phenoxy) is 1. The molecular formula is C24H29N5O4. The molecule has 174 valence electrons. The van der Waals surface area contributed by atoms with Crippen LogP contribution in [0.1, 0.15) is 28.2 Å². The molecule has 1 aromatic heterocycles. The summed E-state index contributed by atoms with van der Waals surface area (Å²) in [6.07, 6.45) is 1.21. The predicted octanol–water partition coefficient (Wildman–Crippen LogP) is 3.52. The van der Waals surface area contributed by atoms with Crippen LogP contribution in [0.15, 0.2) is 53.1 Å². The van der Waals surface area contributed by atoms with E-state index in [4.69, 9.17) is 9.26 Å². The van der Waals surface area contributed by atoms with Gasteiger partial charge in [0.05, 0.1) is 0 Å². The zero-order valence-electron chi connectivity index (χ0n) is 19.1. The van der Waals surface area contributed by atoms with Crippen molar-refractivity contribution < 1.29 is 18.8 Å². The molecule has 0 aliphatic heterocycles. The van der Waals surface area contributed by atoms with Crippen LogP contribution in [0.5, 0.6) is 0 Å². The van der Waals surface area contributed by atoms with Gasteiger partial charge in [-0.1, -0.05) is 22.9 Å². The number of nitrogens with one attached hydrogen (secondary N) is 2. The summed E-state index contributed by atoms with van der Waals surface area (Å²) in [4.78, 5) is 30.5. The average Bonchev–Trinajstić information content (AvgIpc) is 3.31. The molecule has 0 spiro atoms. The summed E-state index contributed by atoms with van der Waals surface area (Å²) in [6, 6.07) is 14.4. The van der Waals surface area contributed by atoms with Crippen molar-refractivity contribution in [3.63, 3.8) is 0 Å². The monoisotopic (exact) mass is 451 g/mol. The van der Waals surface area contributed by atoms with E-state index in [1.54, 1.807) is 43.3 Å². The van der Waals surface area contributed by atoms with E-state index in [1.807, 2.05) is 31.2 Å². The lowest BCUT2D eigenvalue weighted by atomic mass is 10.1. The normalized spacial score (nSPS) is 10.6. The van der Waals surface area contributed by atoms with Gasteiger partial charge in [0, 0.05) is 57.1 Å². The second-order valence-electron chi connectivity index (χ2n) is 7.66. The number of aryl methyl sites for hydroxylation is 1. The van der Waals surface area contributed by atoms with Gasteiger partial charge >= 0.3 is 6.03 Å². The highest BCUT2D eigenvalue weighted by Gasteiger charge is 2.13. The first-order chi connectivity index (χ1) is 16.0. The molecule has 9 nitrogen and oxygen atoms in total. The minimum atomic E-state index is -0.210. The Hall–Kier alpha value is -3.72. The van der Waals surface area contributed by atoms with E-state index in [0.29, 0.717) is 43.4 Å². The van der Waals surface area contributed by atoms with Gasteiger partial charge in [-0.05, 0) is 49.7 Å². The molecule has 2 N–H and O–H groups in total. The van der Waals surface area contributed by atoms with E-state index in [2.05, 4.69) is 20.8 Å². The van der Waals surface area contributed by atoms with Crippen LogP contribution in [0, 0.1) is 6.92 Å². The molecule has 3 aromatic rings. The molecule has 1 heterocycles. The van der Waals surface area contributed by atoms with E-state index in [9.17, 15) is 9.59 Å². The fourth-order valence-corrected chi connectivity index (χ4v) is 2.98. The topological polar surface area (TPSA) is 110 Å². The Morgan fingerprint density at radius 3 is 2.52 bits per heavy atom. The third-order valence-corrected chi connectivity index (χ3v) is 4.99. The number of carbonyl (C=O) groups excluding carboxylic acids is 2. The van der Waals surface area contributed by atoms with E-state index < -0.39 is 0 Å². The van der Waals surface area contributed by atoms with E-state index in [-0.39, 0.29) is 11.9 Å². The first-order valence-electron chi connectivity index (χ1n) is 10.7. The third kappa shape index (κ3) is 7.15. The van der Waals surface area contributed by atoms with Gasteiger partial charge in [0.15, 0.2) is 5.82 Å². The molecule has 0 saturated heterocycles. The number of methoxy groups -OCH3 is 1. The quantitative estimate of drug-likeness (QED) is 0.457. The number of hydrogen-bond acceptors (Lipinski definition) is 6. The highest BCUT2D eigenvalue weighted by Crippen LogP contribution is 2.18. The van der Waals surface area contributed by atoms with Crippen LogP contribution in [-0.4, -0.2) is 60.8 Å². The molecule has 0 saturated carbocycles. The number of amides is 3. The number of hydrogen-bond donors (Lipinski definition) is 2. The summed E-state index contributed by atoms with van der Waals surface area (Å²) in [7, 11) is 3.34. The summed E-state index contributed by atoms with van der Waals surface area (Å²) < 4.78 is 10.3. The third-order valence-electron chi connectivity index (χ3n) is 4.99. The fourth-order valence-electron chi connectivity index (χ4n) is 2.98. The predicted molar refractivity (Wildman–Crippen MR) is 125 cm³/mol. The van der Waals surface area contributed by atoms with Gasteiger partial charge in [-0.25, -0.2) is 4.79 Å². The molecule has 0 unspecified atom stereocenters. The minimum Gasteiger partial charge on any atom is -0.385 e. The Labute approximate surface area is 193 Å². The number of aromatic nitrogens is 2. The number of urea groups is 1. The maximum absolute atomic E-state index is 12.3. The maximum Gasteiger partial charge on any atom is 0.321 e. The van der Waals surface area contributed by atoms with Crippen molar-refractivity contribution in [3.8, 4) is 11.5 Å². The second-order valence-corrected chi connectivity index (χ2v) is 7.66. The summed E-state index contributed by atoms with van der Waals surface area (Å²) in [5, 5.41) is 9.69. The van der Waals surface area contributed by atoms with E-state index in [0.717, 1.165) is 23.2 Å². The number of carbonyl (C=O) groups is 2. The lowest BCUT2D eigenvalue weighted by Crippen LogP contribution is -2.33. The summed E-state index contributed by atoms with van der Waals surface area (Å²) in [6.45, 7) is 3.58. The smallest absolute Gasteiger partial charge is 0.321 e. The lowest BCUT2D eigenvalue weighted by molar-refractivity contribution is 0.0948. The van der Waals surface area contributed by atoms with Gasteiger partial charge in [-0.2, -0.15) is 4.98 Å². The van der Waals surface area contributed by atoms with Crippen LogP contribution in [-0.2, 0) is 11.2 Å². The Kier molecular flexibility index (Phi) is 8.54. The van der Waals surface area contributed by atoms with Crippen molar-refractivity contribution in [2.45, 2.75) is 19.8 Å². The molecule has 33 heavy (non-hydrogen) atoms. The van der Waals surface area contributed by atoms with Crippen LogP contribution in [0.4, 0.5) is 10.5 Å². The number of rotatable bonds is 10. The van der Waals surface area contributed by atoms with Gasteiger partial charge < -0.3 is 24.8 Å². The lowest BCUT2D eigenvalue weighted by Gasteiger charge is -2.17. The number of benzene rings is 2. The Morgan fingerprint density at radius 2 is 1.82 bits per heavy atom. The van der Waals surface area contributed by atoms with Crippen LogP contribution >= 0.6 is 0 Å². The van der Waals surface area contributed by atoms with Crippen molar-refractivity contribution in [1.29, 1.82) is 0 Å². The summed E-state index contributed by atoms with van der Waals surface area (Å²) >= 11 is 0. The molecule has 0 radical (unpaired) electrons. The van der Waals surface area contributed by atoms with Crippen molar-refractivity contribution in [2.24, 2.45) is 0 Å². The molecule has 3 amide bonds. The first-order valence-corrected chi connectivity index (χ1v) is 10.7. The van der Waals surface area contributed by atoms with Crippen LogP contribution in [0.3, 0.4) is 0 Å². The zero-order valence-corrected chi connectivity index (χ0v) is 19.1. The number of nitrogens with zero attached hydrogens (tertiary/aromatic N) is 3. The molecule has 9 heteroatoms. The zero-order chi connectivity index (χ0) is 23.6. The molecule has 3 rings (SSSR count). The molecule has 0 fully saturated rings. The number of anilines is 1. The van der Waals surface area contributed by atoms with Gasteiger partial charge in [0.1, 0.15) is 0 Å². The van der Waals surface area contributed by atoms with Gasteiger partial charge in [-0.3, -0.25) is 4.79 Å². The standard InChI is InChI=1S/C24H29N5O4/c1-17-5-11-20(12-6-17)26-24(31)29(2)15-13-21-27-23(33-28-21)19-9-7-18(8-10-19)22(30)25-14-4-16-32-3/h5-12H,4,13-16H2,1-3H3,(H,25,30)(H,26,31). The Morgan fingerprint density at radius 1 is 1.09 bits per heavy atom. The highest BCUT2D eigenvalue weighted by atomic mass is 16.5. The van der Waals surface area contributed by atoms with Crippen LogP contribution in [0.2, 0.25) is 0 Å². The van der Waals surface area contributed by atoms with Crippen molar-refractivity contribution in [2.75, 3.05) is 39.2 Å². The SMILES string of the molecule is COCCCNC(=O)c1ccc(-c2nc(CCN(C)C(=O)Nc3ccc(C)cc3)no2)cc1. The molecule has 0 aliphatic carbocycles. The molecular weight excluding hydrogens is 422 g/mol. The Balaban J connectivity index is 1.49. The van der Waals surface area contributed by atoms with Crippen LogP contribution in [0.25, 0.3) is 11.5 Å². The number of likely N-dealkylation sites (N-methyl/N-ethyl adjacent to an activating group) is 1. The summed E-state index contributed by atoms with van der Waals surface area (Å²) in [5.74, 6) is 0.722. The summed E-state index contributed by atoms with van der Waals surface area (Å²) in [5.41, 5.74) is 3.14. The minimum absolute atomic E-state index is 0.143. The van der Waals surface area contributed by atoms with Gasteiger partial charge in [0.2, 0.25) is 0 Å². The van der Waals surface area contributed by atoms with Crippen LogP contribution < -0.4 is 10.6 Å². The molecule has 0 atom stereocenters. The molecule has 2 aromatic carbocycles. The Bertz CT molecular complexity index is 1050. The first kappa shape index (κ1) is 23.9. The average molecular weight is 452 g/mol. The van der Waals surface area contributed by atoms with Crippen molar-refractivity contribution >= 4 is 17.6 Å². The molecule has 0 aliphatic rings. The van der Waals surface area contributed by atoms with Gasteiger partial charge in [0.25, 0.3) is 11.8 Å². The highest BCUT2D eigenvalue weighted by molar-refractivity contribution is 5.94. The molecule has 0 bridgehead atoms. The second kappa shape index (κ2) is 11.8. The fraction of sp³-hybridized carbons (Fsp3) is 0.333.